The van der Waals surface area contributed by atoms with Gasteiger partial charge in [0.1, 0.15) is 17.3 Å². The molecule has 3 rings (SSSR count). The molecular formula is C18H16O3. The molecule has 3 heteroatoms. The summed E-state index contributed by atoms with van der Waals surface area (Å²) in [5.74, 6) is 2.52. The third-order valence-corrected chi connectivity index (χ3v) is 3.42. The molecule has 0 aliphatic rings. The van der Waals surface area contributed by atoms with Gasteiger partial charge in [0.15, 0.2) is 0 Å². The van der Waals surface area contributed by atoms with E-state index in [1.165, 1.54) is 0 Å². The standard InChI is InChI=1S/C18H16O3/c1-19-15-7-3-13(4-8-15)17-11-12-21-18(17)14-5-9-16(20-2)10-6-14/h3-12H,1-2H3. The Kier molecular flexibility index (Phi) is 3.65. The van der Waals surface area contributed by atoms with Crippen LogP contribution in [0.3, 0.4) is 0 Å². The molecule has 0 unspecified atom stereocenters. The van der Waals surface area contributed by atoms with Crippen molar-refractivity contribution in [1.29, 1.82) is 0 Å². The number of rotatable bonds is 4. The average molecular weight is 280 g/mol. The maximum absolute atomic E-state index is 5.66. The molecule has 0 saturated heterocycles. The molecule has 0 aliphatic heterocycles. The Morgan fingerprint density at radius 1 is 0.667 bits per heavy atom. The molecule has 2 aromatic carbocycles. The third-order valence-electron chi connectivity index (χ3n) is 3.42. The summed E-state index contributed by atoms with van der Waals surface area (Å²) < 4.78 is 16.0. The van der Waals surface area contributed by atoms with Gasteiger partial charge in [-0.3, -0.25) is 0 Å². The largest absolute Gasteiger partial charge is 0.497 e. The Bertz CT molecular complexity index is 647. The Balaban J connectivity index is 1.99. The van der Waals surface area contributed by atoms with Crippen molar-refractivity contribution in [3.05, 3.63) is 60.9 Å². The topological polar surface area (TPSA) is 31.6 Å². The fourth-order valence-electron chi connectivity index (χ4n) is 2.27. The van der Waals surface area contributed by atoms with Crippen molar-refractivity contribution in [2.75, 3.05) is 14.2 Å². The van der Waals surface area contributed by atoms with Crippen LogP contribution in [0, 0.1) is 0 Å². The maximum atomic E-state index is 5.66. The van der Waals surface area contributed by atoms with Crippen LogP contribution in [0.5, 0.6) is 11.5 Å². The van der Waals surface area contributed by atoms with Gasteiger partial charge in [-0.15, -0.1) is 0 Å². The highest BCUT2D eigenvalue weighted by Gasteiger charge is 2.11. The predicted molar refractivity (Wildman–Crippen MR) is 82.7 cm³/mol. The highest BCUT2D eigenvalue weighted by Crippen LogP contribution is 2.34. The second-order valence-corrected chi connectivity index (χ2v) is 4.62. The molecule has 1 heterocycles. The molecule has 0 aliphatic carbocycles. The van der Waals surface area contributed by atoms with Crippen LogP contribution in [0.2, 0.25) is 0 Å². The summed E-state index contributed by atoms with van der Waals surface area (Å²) in [6.45, 7) is 0. The lowest BCUT2D eigenvalue weighted by Crippen LogP contribution is -1.84. The molecule has 3 nitrogen and oxygen atoms in total. The van der Waals surface area contributed by atoms with Crippen LogP contribution in [0.1, 0.15) is 0 Å². The number of furan rings is 1. The molecule has 0 bridgehead atoms. The Morgan fingerprint density at radius 2 is 1.19 bits per heavy atom. The van der Waals surface area contributed by atoms with Crippen LogP contribution in [0.15, 0.2) is 65.3 Å². The van der Waals surface area contributed by atoms with E-state index < -0.39 is 0 Å². The molecule has 1 aromatic heterocycles. The first-order valence-corrected chi connectivity index (χ1v) is 6.68. The van der Waals surface area contributed by atoms with Crippen LogP contribution in [-0.2, 0) is 0 Å². The van der Waals surface area contributed by atoms with Gasteiger partial charge >= 0.3 is 0 Å². The lowest BCUT2D eigenvalue weighted by molar-refractivity contribution is 0.414. The van der Waals surface area contributed by atoms with Gasteiger partial charge in [-0.2, -0.15) is 0 Å². The Morgan fingerprint density at radius 3 is 1.71 bits per heavy atom. The van der Waals surface area contributed by atoms with Crippen molar-refractivity contribution in [1.82, 2.24) is 0 Å². The van der Waals surface area contributed by atoms with Crippen molar-refractivity contribution in [2.24, 2.45) is 0 Å². The second-order valence-electron chi connectivity index (χ2n) is 4.62. The molecular weight excluding hydrogens is 264 g/mol. The first-order chi connectivity index (χ1) is 10.3. The summed E-state index contributed by atoms with van der Waals surface area (Å²) in [4.78, 5) is 0. The lowest BCUT2D eigenvalue weighted by atomic mass is 10.0. The third kappa shape index (κ3) is 2.63. The summed E-state index contributed by atoms with van der Waals surface area (Å²) in [6.07, 6.45) is 1.71. The molecule has 0 radical (unpaired) electrons. The zero-order valence-corrected chi connectivity index (χ0v) is 12.0. The fraction of sp³-hybridized carbons (Fsp3) is 0.111. The molecule has 0 atom stereocenters. The number of hydrogen-bond donors (Lipinski definition) is 0. The predicted octanol–water partition coefficient (Wildman–Crippen LogP) is 4.63. The summed E-state index contributed by atoms with van der Waals surface area (Å²) in [6, 6.07) is 17.7. The quantitative estimate of drug-likeness (QED) is 0.698. The van der Waals surface area contributed by atoms with Gasteiger partial charge < -0.3 is 13.9 Å². The molecule has 0 saturated carbocycles. The lowest BCUT2D eigenvalue weighted by Gasteiger charge is -2.06. The minimum Gasteiger partial charge on any atom is -0.497 e. The van der Waals surface area contributed by atoms with E-state index in [1.807, 2.05) is 54.6 Å². The van der Waals surface area contributed by atoms with Crippen LogP contribution in [0.4, 0.5) is 0 Å². The van der Waals surface area contributed by atoms with Gasteiger partial charge in [-0.25, -0.2) is 0 Å². The first-order valence-electron chi connectivity index (χ1n) is 6.68. The van der Waals surface area contributed by atoms with Gasteiger partial charge in [-0.05, 0) is 48.0 Å². The average Bonchev–Trinajstić information content (AvgIpc) is 3.04. The van der Waals surface area contributed by atoms with Crippen molar-refractivity contribution in [3.63, 3.8) is 0 Å². The van der Waals surface area contributed by atoms with Gasteiger partial charge in [-0.1, -0.05) is 12.1 Å². The molecule has 106 valence electrons. The Labute approximate surface area is 123 Å². The van der Waals surface area contributed by atoms with Gasteiger partial charge in [0.05, 0.1) is 20.5 Å². The van der Waals surface area contributed by atoms with E-state index in [-0.39, 0.29) is 0 Å². The summed E-state index contributed by atoms with van der Waals surface area (Å²) in [5.41, 5.74) is 3.17. The summed E-state index contributed by atoms with van der Waals surface area (Å²) in [7, 11) is 3.32. The number of methoxy groups -OCH3 is 2. The molecule has 0 N–H and O–H groups in total. The zero-order valence-electron chi connectivity index (χ0n) is 12.0. The van der Waals surface area contributed by atoms with Crippen molar-refractivity contribution in [2.45, 2.75) is 0 Å². The molecule has 21 heavy (non-hydrogen) atoms. The smallest absolute Gasteiger partial charge is 0.141 e. The van der Waals surface area contributed by atoms with Crippen LogP contribution in [-0.4, -0.2) is 14.2 Å². The van der Waals surface area contributed by atoms with Crippen LogP contribution < -0.4 is 9.47 Å². The van der Waals surface area contributed by atoms with E-state index >= 15 is 0 Å². The molecule has 0 spiro atoms. The minimum atomic E-state index is 0.830. The van der Waals surface area contributed by atoms with Crippen LogP contribution >= 0.6 is 0 Å². The Hall–Kier alpha value is -2.68. The monoisotopic (exact) mass is 280 g/mol. The maximum Gasteiger partial charge on any atom is 0.141 e. The van der Waals surface area contributed by atoms with Crippen molar-refractivity contribution in [3.8, 4) is 33.9 Å². The minimum absolute atomic E-state index is 0.830. The van der Waals surface area contributed by atoms with Crippen LogP contribution in [0.25, 0.3) is 22.5 Å². The van der Waals surface area contributed by atoms with E-state index in [4.69, 9.17) is 13.9 Å². The molecule has 3 aromatic rings. The van der Waals surface area contributed by atoms with E-state index in [1.54, 1.807) is 20.5 Å². The first kappa shape index (κ1) is 13.3. The van der Waals surface area contributed by atoms with E-state index in [2.05, 4.69) is 0 Å². The molecule has 0 amide bonds. The molecule has 0 fully saturated rings. The normalized spacial score (nSPS) is 10.4. The van der Waals surface area contributed by atoms with Gasteiger partial charge in [0, 0.05) is 11.1 Å². The summed E-state index contributed by atoms with van der Waals surface area (Å²) in [5, 5.41) is 0. The van der Waals surface area contributed by atoms with E-state index in [0.717, 1.165) is 33.9 Å². The van der Waals surface area contributed by atoms with E-state index in [0.29, 0.717) is 0 Å². The highest BCUT2D eigenvalue weighted by atomic mass is 16.5. The summed E-state index contributed by atoms with van der Waals surface area (Å²) >= 11 is 0. The highest BCUT2D eigenvalue weighted by molar-refractivity contribution is 5.80. The van der Waals surface area contributed by atoms with E-state index in [9.17, 15) is 0 Å². The van der Waals surface area contributed by atoms with Gasteiger partial charge in [0.2, 0.25) is 0 Å². The fourth-order valence-corrected chi connectivity index (χ4v) is 2.27. The SMILES string of the molecule is COc1ccc(-c2ccoc2-c2ccc(OC)cc2)cc1. The van der Waals surface area contributed by atoms with Crippen molar-refractivity contribution >= 4 is 0 Å². The second kappa shape index (κ2) is 5.75. The van der Waals surface area contributed by atoms with Gasteiger partial charge in [0.25, 0.3) is 0 Å². The number of hydrogen-bond acceptors (Lipinski definition) is 3. The number of benzene rings is 2. The zero-order chi connectivity index (χ0) is 14.7. The number of ether oxygens (including phenoxy) is 2. The van der Waals surface area contributed by atoms with Crippen molar-refractivity contribution < 1.29 is 13.9 Å².